The number of nitrogens with zero attached hydrogens (tertiary/aromatic N) is 4. The van der Waals surface area contributed by atoms with Crippen LogP contribution in [0.5, 0.6) is 0 Å². The zero-order valence-corrected chi connectivity index (χ0v) is 9.01. The summed E-state index contributed by atoms with van der Waals surface area (Å²) in [4.78, 5) is 0. The second-order valence-corrected chi connectivity index (χ2v) is 4.11. The van der Waals surface area contributed by atoms with Crippen LogP contribution in [0.25, 0.3) is 0 Å². The van der Waals surface area contributed by atoms with E-state index in [0.717, 1.165) is 10.1 Å². The molecule has 0 unspecified atom stereocenters. The van der Waals surface area contributed by atoms with E-state index in [1.54, 1.807) is 17.1 Å². The molecule has 5 nitrogen and oxygen atoms in total. The highest BCUT2D eigenvalue weighted by Gasteiger charge is 2.03. The lowest BCUT2D eigenvalue weighted by molar-refractivity contribution is 0.677. The maximum Gasteiger partial charge on any atom is 0.205 e. The van der Waals surface area contributed by atoms with Crippen molar-refractivity contribution in [2.75, 3.05) is 12.4 Å². The molecule has 0 amide bonds. The van der Waals surface area contributed by atoms with Gasteiger partial charge < -0.3 is 5.32 Å². The summed E-state index contributed by atoms with van der Waals surface area (Å²) in [5, 5.41) is 17.2. The van der Waals surface area contributed by atoms with Crippen LogP contribution in [0.15, 0.2) is 12.4 Å². The van der Waals surface area contributed by atoms with Crippen molar-refractivity contribution in [2.45, 2.75) is 6.54 Å². The number of hydrogen-bond donors (Lipinski definition) is 1. The lowest BCUT2D eigenvalue weighted by Crippen LogP contribution is -1.98. The summed E-state index contributed by atoms with van der Waals surface area (Å²) in [5.41, 5.74) is 0. The Bertz CT molecular complexity index is 423. The van der Waals surface area contributed by atoms with Gasteiger partial charge in [-0.15, -0.1) is 10.2 Å². The van der Waals surface area contributed by atoms with E-state index in [4.69, 9.17) is 11.6 Å². The standard InChI is InChI=1S/C7H8ClN5S/c1-9-7-12-11-6(14-7)4-13-3-5(8)2-10-13/h2-3H,4H2,1H3,(H,9,12). The van der Waals surface area contributed by atoms with Gasteiger partial charge in [0.25, 0.3) is 0 Å². The predicted molar refractivity (Wildman–Crippen MR) is 55.8 cm³/mol. The number of hydrogen-bond acceptors (Lipinski definition) is 5. The van der Waals surface area contributed by atoms with E-state index in [9.17, 15) is 0 Å². The zero-order chi connectivity index (χ0) is 9.97. The van der Waals surface area contributed by atoms with Gasteiger partial charge in [0.05, 0.1) is 17.8 Å². The van der Waals surface area contributed by atoms with Crippen LogP contribution in [0, 0.1) is 0 Å². The normalized spacial score (nSPS) is 10.4. The first-order chi connectivity index (χ1) is 6.78. The number of anilines is 1. The van der Waals surface area contributed by atoms with Crippen LogP contribution in [0.3, 0.4) is 0 Å². The summed E-state index contributed by atoms with van der Waals surface area (Å²) in [6.45, 7) is 0.603. The second-order valence-electron chi connectivity index (χ2n) is 2.61. The van der Waals surface area contributed by atoms with Crippen LogP contribution in [0.1, 0.15) is 5.01 Å². The highest BCUT2D eigenvalue weighted by Crippen LogP contribution is 2.15. The van der Waals surface area contributed by atoms with Crippen LogP contribution in [-0.4, -0.2) is 27.0 Å². The molecule has 0 fully saturated rings. The van der Waals surface area contributed by atoms with Crippen LogP contribution >= 0.6 is 22.9 Å². The SMILES string of the molecule is CNc1nnc(Cn2cc(Cl)cn2)s1. The Morgan fingerprint density at radius 3 is 3.00 bits per heavy atom. The van der Waals surface area contributed by atoms with Gasteiger partial charge in [0.2, 0.25) is 5.13 Å². The monoisotopic (exact) mass is 229 g/mol. The third kappa shape index (κ3) is 2.02. The largest absolute Gasteiger partial charge is 0.363 e. The Morgan fingerprint density at radius 1 is 1.57 bits per heavy atom. The van der Waals surface area contributed by atoms with Crippen molar-refractivity contribution < 1.29 is 0 Å². The molecule has 0 bridgehead atoms. The zero-order valence-electron chi connectivity index (χ0n) is 7.44. The van der Waals surface area contributed by atoms with Gasteiger partial charge >= 0.3 is 0 Å². The molecular formula is C7H8ClN5S. The fourth-order valence-electron chi connectivity index (χ4n) is 0.982. The molecule has 2 aromatic rings. The number of aromatic nitrogens is 4. The molecule has 2 rings (SSSR count). The third-order valence-electron chi connectivity index (χ3n) is 1.58. The molecule has 2 heterocycles. The molecule has 0 spiro atoms. The van der Waals surface area contributed by atoms with Crippen LogP contribution in [0.4, 0.5) is 5.13 Å². The quantitative estimate of drug-likeness (QED) is 0.866. The molecule has 0 aromatic carbocycles. The minimum atomic E-state index is 0.603. The van der Waals surface area contributed by atoms with E-state index in [0.29, 0.717) is 11.6 Å². The van der Waals surface area contributed by atoms with Gasteiger partial charge in [-0.1, -0.05) is 22.9 Å². The average Bonchev–Trinajstić information content (AvgIpc) is 2.76. The van der Waals surface area contributed by atoms with E-state index in [1.165, 1.54) is 11.3 Å². The summed E-state index contributed by atoms with van der Waals surface area (Å²) in [6.07, 6.45) is 3.35. The molecule has 7 heteroatoms. The minimum absolute atomic E-state index is 0.603. The summed E-state index contributed by atoms with van der Waals surface area (Å²) >= 11 is 7.23. The molecule has 0 aliphatic rings. The lowest BCUT2D eigenvalue weighted by Gasteiger charge is -1.94. The molecule has 0 saturated heterocycles. The van der Waals surface area contributed by atoms with Crippen molar-refractivity contribution in [1.82, 2.24) is 20.0 Å². The first-order valence-corrected chi connectivity index (χ1v) is 5.15. The summed E-state index contributed by atoms with van der Waals surface area (Å²) in [5.74, 6) is 0. The van der Waals surface area contributed by atoms with Crippen molar-refractivity contribution in [3.63, 3.8) is 0 Å². The Hall–Kier alpha value is -1.14. The summed E-state index contributed by atoms with van der Waals surface area (Å²) in [7, 11) is 1.81. The van der Waals surface area contributed by atoms with Crippen LogP contribution in [0.2, 0.25) is 5.02 Å². The number of nitrogens with one attached hydrogen (secondary N) is 1. The van der Waals surface area contributed by atoms with Crippen molar-refractivity contribution >= 4 is 28.1 Å². The van der Waals surface area contributed by atoms with E-state index in [2.05, 4.69) is 20.6 Å². The highest BCUT2D eigenvalue weighted by atomic mass is 35.5. The maximum atomic E-state index is 5.73. The van der Waals surface area contributed by atoms with Crippen molar-refractivity contribution in [1.29, 1.82) is 0 Å². The number of halogens is 1. The molecular weight excluding hydrogens is 222 g/mol. The Kier molecular flexibility index (Phi) is 2.64. The molecule has 0 aliphatic carbocycles. The molecule has 2 aromatic heterocycles. The molecule has 14 heavy (non-hydrogen) atoms. The van der Waals surface area contributed by atoms with Crippen molar-refractivity contribution in [3.8, 4) is 0 Å². The maximum absolute atomic E-state index is 5.73. The molecule has 74 valence electrons. The van der Waals surface area contributed by atoms with Gasteiger partial charge in [-0.25, -0.2) is 0 Å². The smallest absolute Gasteiger partial charge is 0.205 e. The van der Waals surface area contributed by atoms with Gasteiger partial charge in [0.1, 0.15) is 5.01 Å². The van der Waals surface area contributed by atoms with Gasteiger partial charge in [-0.2, -0.15) is 5.10 Å². The van der Waals surface area contributed by atoms with Crippen molar-refractivity contribution in [3.05, 3.63) is 22.4 Å². The van der Waals surface area contributed by atoms with Crippen LogP contribution in [-0.2, 0) is 6.54 Å². The van der Waals surface area contributed by atoms with E-state index >= 15 is 0 Å². The minimum Gasteiger partial charge on any atom is -0.363 e. The van der Waals surface area contributed by atoms with Crippen molar-refractivity contribution in [2.24, 2.45) is 0 Å². The molecule has 0 radical (unpaired) electrons. The van der Waals surface area contributed by atoms with E-state index < -0.39 is 0 Å². The third-order valence-corrected chi connectivity index (χ3v) is 2.70. The average molecular weight is 230 g/mol. The Morgan fingerprint density at radius 2 is 2.43 bits per heavy atom. The van der Waals surface area contributed by atoms with Gasteiger partial charge in [-0.05, 0) is 0 Å². The molecule has 1 N–H and O–H groups in total. The highest BCUT2D eigenvalue weighted by molar-refractivity contribution is 7.15. The number of rotatable bonds is 3. The topological polar surface area (TPSA) is 55.6 Å². The Balaban J connectivity index is 2.10. The predicted octanol–water partition coefficient (Wildman–Crippen LogP) is 1.48. The van der Waals surface area contributed by atoms with Gasteiger partial charge in [-0.3, -0.25) is 4.68 Å². The summed E-state index contributed by atoms with van der Waals surface area (Å²) in [6, 6.07) is 0. The van der Waals surface area contributed by atoms with E-state index in [1.807, 2.05) is 7.05 Å². The van der Waals surface area contributed by atoms with E-state index in [-0.39, 0.29) is 0 Å². The molecule has 0 saturated carbocycles. The molecule has 0 aliphatic heterocycles. The van der Waals surface area contributed by atoms with Gasteiger partial charge in [0.15, 0.2) is 0 Å². The molecule has 0 atom stereocenters. The fourth-order valence-corrected chi connectivity index (χ4v) is 1.82. The Labute approximate surface area is 89.7 Å². The first-order valence-electron chi connectivity index (χ1n) is 3.96. The van der Waals surface area contributed by atoms with Crippen LogP contribution < -0.4 is 5.32 Å². The summed E-state index contributed by atoms with van der Waals surface area (Å²) < 4.78 is 1.72. The first kappa shape index (κ1) is 9.42. The lowest BCUT2D eigenvalue weighted by atomic mass is 10.7. The van der Waals surface area contributed by atoms with Gasteiger partial charge in [0, 0.05) is 13.2 Å². The fraction of sp³-hybridized carbons (Fsp3) is 0.286. The second kappa shape index (κ2) is 3.93.